The molecule has 1 fully saturated rings. The van der Waals surface area contributed by atoms with E-state index in [1.54, 1.807) is 0 Å². The number of rotatable bonds is 5. The van der Waals surface area contributed by atoms with Crippen LogP contribution in [0.3, 0.4) is 0 Å². The molecule has 22 heavy (non-hydrogen) atoms. The minimum absolute atomic E-state index is 0.316. The molecule has 0 N–H and O–H groups in total. The van der Waals surface area contributed by atoms with Crippen molar-refractivity contribution in [3.05, 3.63) is 35.9 Å². The van der Waals surface area contributed by atoms with Crippen molar-refractivity contribution in [2.24, 2.45) is 0 Å². The van der Waals surface area contributed by atoms with Gasteiger partial charge in [0.2, 0.25) is 0 Å². The van der Waals surface area contributed by atoms with Crippen molar-refractivity contribution >= 4 is 11.9 Å². The molecule has 0 bridgehead atoms. The van der Waals surface area contributed by atoms with E-state index in [0.717, 1.165) is 5.56 Å². The molecule has 3 unspecified atom stereocenters. The fraction of sp³-hybridized carbons (Fsp3) is 0.500. The molecule has 1 aromatic rings. The summed E-state index contributed by atoms with van der Waals surface area (Å²) in [5.74, 6) is -0.896. The molecule has 0 spiro atoms. The number of hydrogen-bond donors (Lipinski definition) is 0. The van der Waals surface area contributed by atoms with E-state index in [1.165, 1.54) is 13.8 Å². The highest BCUT2D eigenvalue weighted by atomic mass is 16.7. The Morgan fingerprint density at radius 2 is 1.82 bits per heavy atom. The molecular formula is C16H20O6. The molecule has 2 rings (SSSR count). The molecule has 0 radical (unpaired) electrons. The average molecular weight is 308 g/mol. The van der Waals surface area contributed by atoms with Gasteiger partial charge in [-0.2, -0.15) is 0 Å². The van der Waals surface area contributed by atoms with Crippen molar-refractivity contribution in [2.45, 2.75) is 45.4 Å². The topological polar surface area (TPSA) is 71.1 Å². The van der Waals surface area contributed by atoms with Gasteiger partial charge in [0.15, 0.2) is 12.4 Å². The Kier molecular flexibility index (Phi) is 5.91. The Hall–Kier alpha value is -1.92. The Labute approximate surface area is 129 Å². The lowest BCUT2D eigenvalue weighted by Gasteiger charge is -2.36. The van der Waals surface area contributed by atoms with Gasteiger partial charge in [0, 0.05) is 20.3 Å². The highest BCUT2D eigenvalue weighted by Gasteiger charge is 2.39. The molecule has 1 heterocycles. The molecule has 6 nitrogen and oxygen atoms in total. The second-order valence-corrected chi connectivity index (χ2v) is 5.05. The SMILES string of the molecule is CC(=O)OC1CCOC(OCc2ccccc2)C1OC(C)=O. The number of carbonyl (C=O) groups excluding carboxylic acids is 2. The second-order valence-electron chi connectivity index (χ2n) is 5.05. The molecule has 3 atom stereocenters. The zero-order chi connectivity index (χ0) is 15.9. The minimum atomic E-state index is -0.765. The first-order chi connectivity index (χ1) is 10.6. The fourth-order valence-electron chi connectivity index (χ4n) is 2.29. The number of benzene rings is 1. The van der Waals surface area contributed by atoms with Crippen LogP contribution in [-0.4, -0.2) is 37.0 Å². The Balaban J connectivity index is 2.02. The number of carbonyl (C=O) groups is 2. The highest BCUT2D eigenvalue weighted by molar-refractivity contribution is 5.67. The summed E-state index contributed by atoms with van der Waals surface area (Å²) < 4.78 is 21.7. The first-order valence-electron chi connectivity index (χ1n) is 7.18. The van der Waals surface area contributed by atoms with Crippen LogP contribution in [0, 0.1) is 0 Å². The summed E-state index contributed by atoms with van der Waals surface area (Å²) in [5, 5.41) is 0. The quantitative estimate of drug-likeness (QED) is 0.773. The smallest absolute Gasteiger partial charge is 0.303 e. The van der Waals surface area contributed by atoms with E-state index in [2.05, 4.69) is 0 Å². The number of ether oxygens (including phenoxy) is 4. The van der Waals surface area contributed by atoms with Crippen molar-refractivity contribution in [1.82, 2.24) is 0 Å². The van der Waals surface area contributed by atoms with E-state index >= 15 is 0 Å². The van der Waals surface area contributed by atoms with Gasteiger partial charge in [-0.05, 0) is 5.56 Å². The van der Waals surface area contributed by atoms with Crippen molar-refractivity contribution in [1.29, 1.82) is 0 Å². The van der Waals surface area contributed by atoms with Crippen molar-refractivity contribution < 1.29 is 28.5 Å². The standard InChI is InChI=1S/C16H20O6/c1-11(17)21-14-8-9-19-16(15(14)22-12(2)18)20-10-13-6-4-3-5-7-13/h3-7,14-16H,8-10H2,1-2H3. The lowest BCUT2D eigenvalue weighted by molar-refractivity contribution is -0.258. The summed E-state index contributed by atoms with van der Waals surface area (Å²) in [6, 6.07) is 9.58. The van der Waals surface area contributed by atoms with E-state index in [-0.39, 0.29) is 0 Å². The molecule has 120 valence electrons. The van der Waals surface area contributed by atoms with Gasteiger partial charge in [0.25, 0.3) is 0 Å². The van der Waals surface area contributed by atoms with Crippen LogP contribution in [0.2, 0.25) is 0 Å². The van der Waals surface area contributed by atoms with Gasteiger partial charge in [-0.25, -0.2) is 0 Å². The summed E-state index contributed by atoms with van der Waals surface area (Å²) in [5.41, 5.74) is 0.974. The fourth-order valence-corrected chi connectivity index (χ4v) is 2.29. The van der Waals surface area contributed by atoms with Crippen molar-refractivity contribution in [3.63, 3.8) is 0 Å². The van der Waals surface area contributed by atoms with Gasteiger partial charge in [-0.3, -0.25) is 9.59 Å². The molecule has 0 aliphatic carbocycles. The largest absolute Gasteiger partial charge is 0.458 e. The lowest BCUT2D eigenvalue weighted by Crippen LogP contribution is -2.49. The third-order valence-corrected chi connectivity index (χ3v) is 3.20. The van der Waals surface area contributed by atoms with E-state index in [9.17, 15) is 9.59 Å². The predicted molar refractivity (Wildman–Crippen MR) is 76.7 cm³/mol. The van der Waals surface area contributed by atoms with E-state index in [0.29, 0.717) is 19.6 Å². The van der Waals surface area contributed by atoms with Crippen LogP contribution in [0.15, 0.2) is 30.3 Å². The number of esters is 2. The summed E-state index contributed by atoms with van der Waals surface area (Å²) >= 11 is 0. The molecule has 1 aliphatic heterocycles. The maximum atomic E-state index is 11.3. The first kappa shape index (κ1) is 16.5. The molecule has 1 saturated heterocycles. The number of hydrogen-bond acceptors (Lipinski definition) is 6. The highest BCUT2D eigenvalue weighted by Crippen LogP contribution is 2.23. The molecule has 1 aliphatic rings. The van der Waals surface area contributed by atoms with E-state index in [1.807, 2.05) is 30.3 Å². The van der Waals surface area contributed by atoms with Crippen LogP contribution in [-0.2, 0) is 35.1 Å². The van der Waals surface area contributed by atoms with Gasteiger partial charge < -0.3 is 18.9 Å². The molecule has 1 aromatic carbocycles. The molecule has 0 amide bonds. The zero-order valence-corrected chi connectivity index (χ0v) is 12.7. The summed E-state index contributed by atoms with van der Waals surface area (Å²) in [7, 11) is 0. The molecule has 0 saturated carbocycles. The summed E-state index contributed by atoms with van der Waals surface area (Å²) in [4.78, 5) is 22.5. The predicted octanol–water partition coefficient (Wildman–Crippen LogP) is 1.81. The Bertz CT molecular complexity index is 501. The summed E-state index contributed by atoms with van der Waals surface area (Å²) in [6.07, 6.45) is -1.63. The second kappa shape index (κ2) is 7.91. The van der Waals surface area contributed by atoms with Crippen LogP contribution in [0.1, 0.15) is 25.8 Å². The first-order valence-corrected chi connectivity index (χ1v) is 7.18. The van der Waals surface area contributed by atoms with Gasteiger partial charge >= 0.3 is 11.9 Å². The van der Waals surface area contributed by atoms with Crippen LogP contribution in [0.4, 0.5) is 0 Å². The maximum Gasteiger partial charge on any atom is 0.303 e. The Morgan fingerprint density at radius 1 is 1.14 bits per heavy atom. The normalized spacial score (nSPS) is 24.5. The van der Waals surface area contributed by atoms with Gasteiger partial charge in [0.1, 0.15) is 6.10 Å². The van der Waals surface area contributed by atoms with Gasteiger partial charge in [-0.15, -0.1) is 0 Å². The molecular weight excluding hydrogens is 288 g/mol. The van der Waals surface area contributed by atoms with Gasteiger partial charge in [-0.1, -0.05) is 30.3 Å². The van der Waals surface area contributed by atoms with E-state index < -0.39 is 30.4 Å². The van der Waals surface area contributed by atoms with Crippen LogP contribution < -0.4 is 0 Å². The van der Waals surface area contributed by atoms with Crippen molar-refractivity contribution in [2.75, 3.05) is 6.61 Å². The third kappa shape index (κ3) is 4.82. The maximum absolute atomic E-state index is 11.3. The average Bonchev–Trinajstić information content (AvgIpc) is 2.48. The summed E-state index contributed by atoms with van der Waals surface area (Å²) in [6.45, 7) is 3.30. The molecule has 6 heteroatoms. The molecule has 0 aromatic heterocycles. The lowest BCUT2D eigenvalue weighted by atomic mass is 10.1. The van der Waals surface area contributed by atoms with Crippen LogP contribution in [0.25, 0.3) is 0 Å². The monoisotopic (exact) mass is 308 g/mol. The zero-order valence-electron chi connectivity index (χ0n) is 12.7. The van der Waals surface area contributed by atoms with Crippen molar-refractivity contribution in [3.8, 4) is 0 Å². The Morgan fingerprint density at radius 3 is 2.45 bits per heavy atom. The third-order valence-electron chi connectivity index (χ3n) is 3.20. The van der Waals surface area contributed by atoms with Crippen LogP contribution >= 0.6 is 0 Å². The van der Waals surface area contributed by atoms with Crippen LogP contribution in [0.5, 0.6) is 0 Å². The minimum Gasteiger partial charge on any atom is -0.458 e. The van der Waals surface area contributed by atoms with E-state index in [4.69, 9.17) is 18.9 Å². The van der Waals surface area contributed by atoms with Gasteiger partial charge in [0.05, 0.1) is 13.2 Å².